The Morgan fingerprint density at radius 2 is 1.96 bits per heavy atom. The number of amides is 1. The minimum atomic E-state index is -1.36. The van der Waals surface area contributed by atoms with Crippen LogP contribution in [0.15, 0.2) is 42.5 Å². The van der Waals surface area contributed by atoms with E-state index in [0.29, 0.717) is 12.3 Å². The molecule has 1 amide bonds. The molecule has 28 heavy (non-hydrogen) atoms. The summed E-state index contributed by atoms with van der Waals surface area (Å²) in [6.45, 7) is 6.03. The van der Waals surface area contributed by atoms with Crippen LogP contribution in [0.4, 0.5) is 0 Å². The average molecular weight is 380 g/mol. The molecular weight excluding hydrogens is 356 g/mol. The third-order valence-electron chi connectivity index (χ3n) is 6.23. The monoisotopic (exact) mass is 380 g/mol. The van der Waals surface area contributed by atoms with Gasteiger partial charge >= 0.3 is 5.97 Å². The number of benzene rings is 2. The summed E-state index contributed by atoms with van der Waals surface area (Å²) in [5.41, 5.74) is -0.886. The van der Waals surface area contributed by atoms with E-state index in [4.69, 9.17) is 4.74 Å². The van der Waals surface area contributed by atoms with Crippen molar-refractivity contribution < 1.29 is 19.4 Å². The highest BCUT2D eigenvalue weighted by Gasteiger charge is 2.66. The average Bonchev–Trinajstić information content (AvgIpc) is 3.11. The van der Waals surface area contributed by atoms with Crippen molar-refractivity contribution in [1.82, 2.24) is 10.3 Å². The minimum absolute atomic E-state index is 0.208. The second-order valence-electron chi connectivity index (χ2n) is 7.97. The van der Waals surface area contributed by atoms with Crippen LogP contribution < -0.4 is 5.32 Å². The molecule has 6 heteroatoms. The first-order valence-corrected chi connectivity index (χ1v) is 9.48. The van der Waals surface area contributed by atoms with Crippen LogP contribution in [-0.2, 0) is 9.53 Å². The van der Waals surface area contributed by atoms with E-state index >= 15 is 0 Å². The molecule has 146 valence electrons. The Morgan fingerprint density at radius 1 is 1.21 bits per heavy atom. The Kier molecular flexibility index (Phi) is 4.19. The van der Waals surface area contributed by atoms with E-state index in [9.17, 15) is 14.7 Å². The Balaban J connectivity index is 1.68. The van der Waals surface area contributed by atoms with E-state index in [1.807, 2.05) is 57.2 Å². The number of fused-ring (bicyclic) bond motifs is 3. The van der Waals surface area contributed by atoms with Crippen LogP contribution in [-0.4, -0.2) is 40.2 Å². The number of hydrogen-bond acceptors (Lipinski definition) is 3. The number of nitrogens with one attached hydrogen (secondary N) is 2. The Labute approximate surface area is 162 Å². The normalized spacial score (nSPS) is 23.5. The Hall–Kier alpha value is -2.86. The molecule has 1 aliphatic rings. The van der Waals surface area contributed by atoms with Crippen molar-refractivity contribution in [3.63, 3.8) is 0 Å². The van der Waals surface area contributed by atoms with E-state index in [1.54, 1.807) is 6.07 Å². The molecule has 2 atom stereocenters. The number of carbonyl (C=O) groups is 2. The molecule has 1 heterocycles. The molecule has 1 aliphatic carbocycles. The fourth-order valence-electron chi connectivity index (χ4n) is 4.31. The van der Waals surface area contributed by atoms with Crippen LogP contribution in [0, 0.1) is 5.41 Å². The van der Waals surface area contributed by atoms with Gasteiger partial charge in [-0.3, -0.25) is 4.79 Å². The van der Waals surface area contributed by atoms with Gasteiger partial charge in [0.2, 0.25) is 0 Å². The Bertz CT molecular complexity index is 1080. The summed E-state index contributed by atoms with van der Waals surface area (Å²) in [5, 5.41) is 15.8. The summed E-state index contributed by atoms with van der Waals surface area (Å²) in [4.78, 5) is 28.2. The van der Waals surface area contributed by atoms with Crippen LogP contribution in [0.25, 0.3) is 21.7 Å². The largest absolute Gasteiger partial charge is 0.479 e. The lowest BCUT2D eigenvalue weighted by molar-refractivity contribution is -0.190. The van der Waals surface area contributed by atoms with Gasteiger partial charge < -0.3 is 20.1 Å². The van der Waals surface area contributed by atoms with Gasteiger partial charge in [0, 0.05) is 29.3 Å². The highest BCUT2D eigenvalue weighted by molar-refractivity contribution is 6.10. The molecule has 3 aromatic rings. The van der Waals surface area contributed by atoms with Crippen molar-refractivity contribution in [1.29, 1.82) is 0 Å². The summed E-state index contributed by atoms with van der Waals surface area (Å²) in [7, 11) is 0. The van der Waals surface area contributed by atoms with Gasteiger partial charge in [0.15, 0.2) is 0 Å². The second-order valence-corrected chi connectivity index (χ2v) is 7.97. The summed E-state index contributed by atoms with van der Waals surface area (Å²) in [6, 6.07) is 13.7. The van der Waals surface area contributed by atoms with Crippen molar-refractivity contribution in [2.45, 2.75) is 38.8 Å². The molecule has 0 spiro atoms. The number of carboxylic acid groups (broad SMARTS) is 1. The van der Waals surface area contributed by atoms with E-state index in [2.05, 4.69) is 10.3 Å². The van der Waals surface area contributed by atoms with Gasteiger partial charge in [-0.1, -0.05) is 44.2 Å². The first kappa shape index (κ1) is 18.5. The zero-order chi connectivity index (χ0) is 20.1. The van der Waals surface area contributed by atoms with E-state index < -0.39 is 22.8 Å². The number of aromatic nitrogens is 1. The number of rotatable bonds is 5. The van der Waals surface area contributed by atoms with Crippen molar-refractivity contribution in [3.8, 4) is 0 Å². The summed E-state index contributed by atoms with van der Waals surface area (Å²) >= 11 is 0. The molecule has 2 aromatic carbocycles. The predicted octanol–water partition coefficient (Wildman–Crippen LogP) is 3.71. The second kappa shape index (κ2) is 6.34. The van der Waals surface area contributed by atoms with E-state index in [1.165, 1.54) is 0 Å². The first-order chi connectivity index (χ1) is 13.3. The smallest absolute Gasteiger partial charge is 0.330 e. The van der Waals surface area contributed by atoms with Crippen LogP contribution in [0.3, 0.4) is 0 Å². The number of aromatic amines is 1. The third-order valence-corrected chi connectivity index (χ3v) is 6.23. The van der Waals surface area contributed by atoms with Gasteiger partial charge in [0.05, 0.1) is 6.10 Å². The minimum Gasteiger partial charge on any atom is -0.479 e. The van der Waals surface area contributed by atoms with Gasteiger partial charge in [-0.15, -0.1) is 0 Å². The predicted molar refractivity (Wildman–Crippen MR) is 107 cm³/mol. The van der Waals surface area contributed by atoms with Crippen molar-refractivity contribution in [2.75, 3.05) is 6.61 Å². The molecule has 0 bridgehead atoms. The van der Waals surface area contributed by atoms with Gasteiger partial charge in [-0.2, -0.15) is 0 Å². The molecule has 2 unspecified atom stereocenters. The standard InChI is InChI=1S/C22H24N2O4/c1-4-28-18-12-22(20(26)27,21(18,2)3)24-19(25)17-11-15-14-8-6-5-7-13(14)9-10-16(15)23-17/h5-11,18,23H,4,12H2,1-3H3,(H,24,25)(H,26,27). The SMILES string of the molecule is CCOC1CC(NC(=O)c2cc3c(ccc4ccccc43)[nH]2)(C(=O)O)C1(C)C. The summed E-state index contributed by atoms with van der Waals surface area (Å²) in [6.07, 6.45) is 0.0403. The van der Waals surface area contributed by atoms with Crippen LogP contribution >= 0.6 is 0 Å². The molecule has 3 N–H and O–H groups in total. The molecule has 1 aromatic heterocycles. The molecule has 0 saturated heterocycles. The molecule has 0 aliphatic heterocycles. The van der Waals surface area contributed by atoms with Gasteiger partial charge in [-0.05, 0) is 29.8 Å². The molecular formula is C22H24N2O4. The number of H-pyrrole nitrogens is 1. The molecule has 1 saturated carbocycles. The fourth-order valence-corrected chi connectivity index (χ4v) is 4.31. The van der Waals surface area contributed by atoms with Gasteiger partial charge in [0.1, 0.15) is 11.2 Å². The maximum atomic E-state index is 13.0. The van der Waals surface area contributed by atoms with Crippen molar-refractivity contribution in [2.24, 2.45) is 5.41 Å². The molecule has 4 rings (SSSR count). The van der Waals surface area contributed by atoms with E-state index in [0.717, 1.165) is 21.7 Å². The zero-order valence-electron chi connectivity index (χ0n) is 16.2. The van der Waals surface area contributed by atoms with Crippen LogP contribution in [0.1, 0.15) is 37.7 Å². The maximum absolute atomic E-state index is 13.0. The number of carboxylic acids is 1. The topological polar surface area (TPSA) is 91.4 Å². The highest BCUT2D eigenvalue weighted by Crippen LogP contribution is 2.51. The third kappa shape index (κ3) is 2.52. The lowest BCUT2D eigenvalue weighted by atomic mass is 9.54. The number of aliphatic carboxylic acids is 1. The van der Waals surface area contributed by atoms with Gasteiger partial charge in [0.25, 0.3) is 5.91 Å². The van der Waals surface area contributed by atoms with E-state index in [-0.39, 0.29) is 12.5 Å². The molecule has 0 radical (unpaired) electrons. The lowest BCUT2D eigenvalue weighted by Gasteiger charge is -2.58. The lowest BCUT2D eigenvalue weighted by Crippen LogP contribution is -2.76. The Morgan fingerprint density at radius 3 is 2.64 bits per heavy atom. The first-order valence-electron chi connectivity index (χ1n) is 9.48. The number of carbonyl (C=O) groups excluding carboxylic acids is 1. The van der Waals surface area contributed by atoms with Gasteiger partial charge in [-0.25, -0.2) is 4.79 Å². The number of hydrogen-bond donors (Lipinski definition) is 3. The zero-order valence-corrected chi connectivity index (χ0v) is 16.2. The molecule has 6 nitrogen and oxygen atoms in total. The summed E-state index contributed by atoms with van der Waals surface area (Å²) in [5.74, 6) is -1.46. The molecule has 1 fully saturated rings. The summed E-state index contributed by atoms with van der Waals surface area (Å²) < 4.78 is 5.66. The van der Waals surface area contributed by atoms with Crippen LogP contribution in [0.5, 0.6) is 0 Å². The maximum Gasteiger partial charge on any atom is 0.330 e. The highest BCUT2D eigenvalue weighted by atomic mass is 16.5. The quantitative estimate of drug-likeness (QED) is 0.629. The van der Waals surface area contributed by atoms with Crippen molar-refractivity contribution >= 4 is 33.6 Å². The fraction of sp³-hybridized carbons (Fsp3) is 0.364. The van der Waals surface area contributed by atoms with Crippen molar-refractivity contribution in [3.05, 3.63) is 48.2 Å². The van der Waals surface area contributed by atoms with Crippen LogP contribution in [0.2, 0.25) is 0 Å². The number of ether oxygens (including phenoxy) is 1.